The molecule has 3 atom stereocenters. The fourth-order valence-corrected chi connectivity index (χ4v) is 2.77. The van der Waals surface area contributed by atoms with E-state index in [4.69, 9.17) is 0 Å². The first-order valence-corrected chi connectivity index (χ1v) is 8.69. The molecule has 0 aliphatic rings. The van der Waals surface area contributed by atoms with Crippen molar-refractivity contribution in [3.63, 3.8) is 0 Å². The van der Waals surface area contributed by atoms with E-state index in [1.807, 2.05) is 51.1 Å². The third-order valence-corrected chi connectivity index (χ3v) is 3.98. The molecule has 0 radical (unpaired) electrons. The molecular formula is C18H27N5O2. The number of aliphatic hydroxyl groups is 1. The Morgan fingerprint density at radius 3 is 2.48 bits per heavy atom. The Bertz CT molecular complexity index is 669. The first kappa shape index (κ1) is 19.1. The van der Waals surface area contributed by atoms with Crippen LogP contribution in [-0.2, 0) is 4.79 Å². The fraction of sp³-hybridized carbons (Fsp3) is 0.556. The number of hydrogen-bond donors (Lipinski definition) is 2. The Morgan fingerprint density at radius 2 is 1.88 bits per heavy atom. The van der Waals surface area contributed by atoms with Crippen molar-refractivity contribution in [2.75, 3.05) is 6.54 Å². The van der Waals surface area contributed by atoms with Gasteiger partial charge in [0, 0.05) is 12.1 Å². The van der Waals surface area contributed by atoms with E-state index in [0.717, 1.165) is 5.56 Å². The van der Waals surface area contributed by atoms with Crippen LogP contribution in [0.2, 0.25) is 0 Å². The summed E-state index contributed by atoms with van der Waals surface area (Å²) >= 11 is 0. The number of amides is 1. The van der Waals surface area contributed by atoms with E-state index in [9.17, 15) is 9.90 Å². The van der Waals surface area contributed by atoms with Crippen molar-refractivity contribution in [3.05, 3.63) is 30.3 Å². The van der Waals surface area contributed by atoms with Crippen LogP contribution >= 0.6 is 0 Å². The van der Waals surface area contributed by atoms with Crippen LogP contribution in [0.5, 0.6) is 0 Å². The molecule has 3 unspecified atom stereocenters. The fourth-order valence-electron chi connectivity index (χ4n) is 2.77. The zero-order chi connectivity index (χ0) is 18.4. The van der Waals surface area contributed by atoms with Gasteiger partial charge >= 0.3 is 0 Å². The van der Waals surface area contributed by atoms with E-state index >= 15 is 0 Å². The summed E-state index contributed by atoms with van der Waals surface area (Å²) in [5.74, 6) is 0.580. The maximum atomic E-state index is 12.6. The zero-order valence-corrected chi connectivity index (χ0v) is 15.3. The molecule has 136 valence electrons. The molecule has 0 aliphatic carbocycles. The van der Waals surface area contributed by atoms with Gasteiger partial charge in [0.15, 0.2) is 6.04 Å². The first-order chi connectivity index (χ1) is 11.9. The number of aromatic nitrogens is 4. The summed E-state index contributed by atoms with van der Waals surface area (Å²) in [4.78, 5) is 14.0. The number of carbonyl (C=O) groups is 1. The molecule has 1 aromatic carbocycles. The number of benzene rings is 1. The molecule has 2 N–H and O–H groups in total. The molecule has 7 nitrogen and oxygen atoms in total. The van der Waals surface area contributed by atoms with Crippen molar-refractivity contribution in [1.29, 1.82) is 0 Å². The summed E-state index contributed by atoms with van der Waals surface area (Å²) in [5.41, 5.74) is 0.863. The van der Waals surface area contributed by atoms with Crippen molar-refractivity contribution >= 4 is 5.91 Å². The lowest BCUT2D eigenvalue weighted by molar-refractivity contribution is -0.126. The molecule has 0 saturated heterocycles. The monoisotopic (exact) mass is 345 g/mol. The van der Waals surface area contributed by atoms with Crippen LogP contribution in [0.25, 0.3) is 11.4 Å². The summed E-state index contributed by atoms with van der Waals surface area (Å²) in [5, 5.41) is 24.9. The lowest BCUT2D eigenvalue weighted by atomic mass is 10.0. The van der Waals surface area contributed by atoms with Gasteiger partial charge < -0.3 is 10.4 Å². The molecule has 0 saturated carbocycles. The summed E-state index contributed by atoms with van der Waals surface area (Å²) in [6, 6.07) is 9.03. The van der Waals surface area contributed by atoms with Gasteiger partial charge in [-0.3, -0.25) is 4.79 Å². The average molecular weight is 345 g/mol. The number of tetrazole rings is 1. The third kappa shape index (κ3) is 5.35. The van der Waals surface area contributed by atoms with Crippen molar-refractivity contribution in [2.45, 2.75) is 46.3 Å². The summed E-state index contributed by atoms with van der Waals surface area (Å²) in [6.45, 7) is 8.16. The SMILES string of the molecule is CC(O)CC(C)CNC(=O)C(C(C)C)n1nnc(-c2ccccc2)n1. The average Bonchev–Trinajstić information content (AvgIpc) is 3.02. The Hall–Kier alpha value is -2.28. The van der Waals surface area contributed by atoms with Gasteiger partial charge in [-0.15, -0.1) is 10.2 Å². The van der Waals surface area contributed by atoms with Crippen LogP contribution in [0.3, 0.4) is 0 Å². The molecule has 1 heterocycles. The highest BCUT2D eigenvalue weighted by Gasteiger charge is 2.27. The molecule has 1 amide bonds. The highest BCUT2D eigenvalue weighted by Crippen LogP contribution is 2.19. The lowest BCUT2D eigenvalue weighted by Crippen LogP contribution is -2.38. The summed E-state index contributed by atoms with van der Waals surface area (Å²) in [6.07, 6.45) is 0.269. The second-order valence-corrected chi connectivity index (χ2v) is 6.92. The van der Waals surface area contributed by atoms with Crippen molar-refractivity contribution in [2.24, 2.45) is 11.8 Å². The number of aliphatic hydroxyl groups excluding tert-OH is 1. The minimum Gasteiger partial charge on any atom is -0.393 e. The van der Waals surface area contributed by atoms with Crippen LogP contribution in [0.1, 0.15) is 40.2 Å². The second kappa shape index (κ2) is 8.71. The summed E-state index contributed by atoms with van der Waals surface area (Å²) < 4.78 is 0. The van der Waals surface area contributed by atoms with Crippen LogP contribution in [0.15, 0.2) is 30.3 Å². The number of hydrogen-bond acceptors (Lipinski definition) is 5. The lowest BCUT2D eigenvalue weighted by Gasteiger charge is -2.20. The van der Waals surface area contributed by atoms with E-state index in [1.54, 1.807) is 6.92 Å². The van der Waals surface area contributed by atoms with Gasteiger partial charge in [-0.25, -0.2) is 0 Å². The van der Waals surface area contributed by atoms with Gasteiger partial charge in [-0.2, -0.15) is 4.80 Å². The van der Waals surface area contributed by atoms with Gasteiger partial charge in [-0.05, 0) is 30.4 Å². The Kier molecular flexibility index (Phi) is 6.64. The predicted octanol–water partition coefficient (Wildman–Crippen LogP) is 2.06. The summed E-state index contributed by atoms with van der Waals surface area (Å²) in [7, 11) is 0. The maximum Gasteiger partial charge on any atom is 0.247 e. The molecule has 0 aliphatic heterocycles. The highest BCUT2D eigenvalue weighted by atomic mass is 16.3. The topological polar surface area (TPSA) is 92.9 Å². The van der Waals surface area contributed by atoms with Crippen LogP contribution in [0, 0.1) is 11.8 Å². The number of nitrogens with zero attached hydrogens (tertiary/aromatic N) is 4. The number of carbonyl (C=O) groups excluding carboxylic acids is 1. The van der Waals surface area contributed by atoms with Crippen LogP contribution < -0.4 is 5.32 Å². The van der Waals surface area contributed by atoms with E-state index in [0.29, 0.717) is 18.8 Å². The largest absolute Gasteiger partial charge is 0.393 e. The molecule has 0 fully saturated rings. The van der Waals surface area contributed by atoms with Crippen molar-refractivity contribution < 1.29 is 9.90 Å². The normalized spacial score (nSPS) is 15.0. The maximum absolute atomic E-state index is 12.6. The van der Waals surface area contributed by atoms with Gasteiger partial charge in [0.05, 0.1) is 6.10 Å². The smallest absolute Gasteiger partial charge is 0.247 e. The van der Waals surface area contributed by atoms with Crippen LogP contribution in [-0.4, -0.2) is 43.9 Å². The standard InChI is InChI=1S/C18H27N5O2/c1-12(2)16(18(25)19-11-13(3)10-14(4)24)23-21-17(20-22-23)15-8-6-5-7-9-15/h5-9,12-14,16,24H,10-11H2,1-4H3,(H,19,25). The van der Waals surface area contributed by atoms with Gasteiger partial charge in [0.2, 0.25) is 11.7 Å². The van der Waals surface area contributed by atoms with Crippen LogP contribution in [0.4, 0.5) is 0 Å². The molecule has 2 aromatic rings. The van der Waals surface area contributed by atoms with E-state index < -0.39 is 6.04 Å². The van der Waals surface area contributed by atoms with Gasteiger partial charge in [0.25, 0.3) is 0 Å². The molecule has 2 rings (SSSR count). The molecule has 7 heteroatoms. The first-order valence-electron chi connectivity index (χ1n) is 8.69. The van der Waals surface area contributed by atoms with Gasteiger partial charge in [-0.1, -0.05) is 51.1 Å². The number of rotatable bonds is 8. The zero-order valence-electron chi connectivity index (χ0n) is 15.3. The van der Waals surface area contributed by atoms with Crippen molar-refractivity contribution in [1.82, 2.24) is 25.5 Å². The highest BCUT2D eigenvalue weighted by molar-refractivity contribution is 5.80. The molecule has 25 heavy (non-hydrogen) atoms. The third-order valence-electron chi connectivity index (χ3n) is 3.98. The van der Waals surface area contributed by atoms with E-state index in [1.165, 1.54) is 4.80 Å². The Morgan fingerprint density at radius 1 is 1.20 bits per heavy atom. The second-order valence-electron chi connectivity index (χ2n) is 6.92. The number of nitrogens with one attached hydrogen (secondary N) is 1. The Labute approximate surface area is 148 Å². The van der Waals surface area contributed by atoms with Gasteiger partial charge in [0.1, 0.15) is 0 Å². The molecule has 1 aromatic heterocycles. The minimum atomic E-state index is -0.524. The predicted molar refractivity (Wildman–Crippen MR) is 95.6 cm³/mol. The molecular weight excluding hydrogens is 318 g/mol. The van der Waals surface area contributed by atoms with E-state index in [-0.39, 0.29) is 23.8 Å². The molecule has 0 bridgehead atoms. The molecule has 0 spiro atoms. The quantitative estimate of drug-likeness (QED) is 0.764. The minimum absolute atomic E-state index is 0.0184. The van der Waals surface area contributed by atoms with Crippen molar-refractivity contribution in [3.8, 4) is 11.4 Å². The van der Waals surface area contributed by atoms with E-state index in [2.05, 4.69) is 20.7 Å². The Balaban J connectivity index is 2.08.